The van der Waals surface area contributed by atoms with E-state index >= 15 is 0 Å². The van der Waals surface area contributed by atoms with Crippen molar-refractivity contribution in [1.29, 1.82) is 0 Å². The maximum Gasteiger partial charge on any atom is 0.254 e. The summed E-state index contributed by atoms with van der Waals surface area (Å²) in [6.07, 6.45) is 2.85. The molecule has 0 radical (unpaired) electrons. The van der Waals surface area contributed by atoms with Crippen LogP contribution >= 0.6 is 0 Å². The summed E-state index contributed by atoms with van der Waals surface area (Å²) in [5, 5.41) is 1.01. The summed E-state index contributed by atoms with van der Waals surface area (Å²) in [4.78, 5) is 33.2. The Morgan fingerprint density at radius 2 is 2.00 bits per heavy atom. The highest BCUT2D eigenvalue weighted by Crippen LogP contribution is 2.51. The number of rotatable bonds is 2. The fraction of sp³-hybridized carbons (Fsp3) is 0.304. The third kappa shape index (κ3) is 2.26. The zero-order chi connectivity index (χ0) is 19.6. The monoisotopic (exact) mass is 387 g/mol. The van der Waals surface area contributed by atoms with Gasteiger partial charge in [0.05, 0.1) is 25.1 Å². The van der Waals surface area contributed by atoms with Gasteiger partial charge >= 0.3 is 0 Å². The second-order valence-electron chi connectivity index (χ2n) is 8.09. The first-order valence-corrected chi connectivity index (χ1v) is 10.1. The van der Waals surface area contributed by atoms with Crippen LogP contribution in [0.5, 0.6) is 0 Å². The lowest BCUT2D eigenvalue weighted by Gasteiger charge is -2.33. The average Bonchev–Trinajstić information content (AvgIpc) is 3.49. The number of carbonyl (C=O) groups is 2. The Morgan fingerprint density at radius 1 is 1.14 bits per heavy atom. The van der Waals surface area contributed by atoms with E-state index < -0.39 is 5.72 Å². The predicted molar refractivity (Wildman–Crippen MR) is 107 cm³/mol. The molecular formula is C23H21N3O3. The summed E-state index contributed by atoms with van der Waals surface area (Å²) in [7, 11) is 0. The Balaban J connectivity index is 1.33. The molecule has 1 N–H and O–H groups in total. The first-order valence-electron chi connectivity index (χ1n) is 10.1. The lowest BCUT2D eigenvalue weighted by molar-refractivity contribution is -0.138. The van der Waals surface area contributed by atoms with Crippen molar-refractivity contribution >= 4 is 22.7 Å². The molecule has 3 atom stereocenters. The Bertz CT molecular complexity index is 1120. The zero-order valence-corrected chi connectivity index (χ0v) is 15.9. The molecule has 0 aliphatic carbocycles. The molecule has 3 fully saturated rings. The van der Waals surface area contributed by atoms with Crippen molar-refractivity contribution in [2.24, 2.45) is 0 Å². The number of hydrogen-bond acceptors (Lipinski definition) is 3. The highest BCUT2D eigenvalue weighted by molar-refractivity contribution is 5.99. The zero-order valence-electron chi connectivity index (χ0n) is 15.9. The largest absolute Gasteiger partial charge is 0.361 e. The van der Waals surface area contributed by atoms with E-state index in [1.165, 1.54) is 0 Å². The second-order valence-corrected chi connectivity index (χ2v) is 8.09. The lowest BCUT2D eigenvalue weighted by Crippen LogP contribution is -2.49. The van der Waals surface area contributed by atoms with E-state index in [1.54, 1.807) is 0 Å². The van der Waals surface area contributed by atoms with Gasteiger partial charge in [-0.1, -0.05) is 30.3 Å². The number of H-pyrrole nitrogens is 1. The number of likely N-dealkylation sites (tertiary alicyclic amines) is 1. The smallest absolute Gasteiger partial charge is 0.254 e. The van der Waals surface area contributed by atoms with E-state index in [0.29, 0.717) is 31.6 Å². The van der Waals surface area contributed by atoms with Crippen molar-refractivity contribution in [3.63, 3.8) is 0 Å². The van der Waals surface area contributed by atoms with Gasteiger partial charge in [0.15, 0.2) is 5.72 Å². The molecule has 6 heteroatoms. The number of nitrogens with zero attached hydrogens (tertiary/aromatic N) is 2. The average molecular weight is 387 g/mol. The molecule has 4 heterocycles. The predicted octanol–water partition coefficient (Wildman–Crippen LogP) is 3.08. The van der Waals surface area contributed by atoms with E-state index in [9.17, 15) is 9.59 Å². The Hall–Kier alpha value is -3.12. The van der Waals surface area contributed by atoms with Crippen LogP contribution < -0.4 is 0 Å². The highest BCUT2D eigenvalue weighted by atomic mass is 16.5. The molecule has 3 aromatic rings. The first kappa shape index (κ1) is 16.8. The van der Waals surface area contributed by atoms with Gasteiger partial charge in [-0.25, -0.2) is 0 Å². The van der Waals surface area contributed by atoms with Crippen LogP contribution in [0.4, 0.5) is 0 Å². The summed E-state index contributed by atoms with van der Waals surface area (Å²) in [6.45, 7) is 1.07. The van der Waals surface area contributed by atoms with Crippen LogP contribution in [0.2, 0.25) is 0 Å². The molecule has 6 nitrogen and oxygen atoms in total. The standard InChI is InChI=1S/C23H21N3O3/c27-21-13-20-23(26(21)19(14-29-23)15-4-2-1-3-5-15)9-11-25(20)22(28)17-6-7-18-16(12-17)8-10-24-18/h1-8,10,12,19-20,24H,9,11,13-14H2/t19-,20+,23-/m0/s1. The number of nitrogens with one attached hydrogen (secondary N) is 1. The minimum atomic E-state index is -0.689. The summed E-state index contributed by atoms with van der Waals surface area (Å²) >= 11 is 0. The molecule has 1 spiro atoms. The number of benzene rings is 2. The van der Waals surface area contributed by atoms with Gasteiger partial charge in [0.1, 0.15) is 0 Å². The molecule has 0 unspecified atom stereocenters. The van der Waals surface area contributed by atoms with Crippen LogP contribution in [0.25, 0.3) is 10.9 Å². The highest BCUT2D eigenvalue weighted by Gasteiger charge is 2.65. The van der Waals surface area contributed by atoms with Gasteiger partial charge in [0.25, 0.3) is 5.91 Å². The number of aromatic amines is 1. The quantitative estimate of drug-likeness (QED) is 0.735. The van der Waals surface area contributed by atoms with Crippen molar-refractivity contribution < 1.29 is 14.3 Å². The number of hydrogen-bond donors (Lipinski definition) is 1. The van der Waals surface area contributed by atoms with Crippen LogP contribution in [-0.4, -0.2) is 51.5 Å². The van der Waals surface area contributed by atoms with Gasteiger partial charge in [-0.2, -0.15) is 0 Å². The Labute approximate surface area is 168 Å². The normalized spacial score (nSPS) is 28.2. The van der Waals surface area contributed by atoms with Gasteiger partial charge in [0.2, 0.25) is 5.91 Å². The molecule has 6 rings (SSSR count). The van der Waals surface area contributed by atoms with E-state index in [2.05, 4.69) is 4.98 Å². The summed E-state index contributed by atoms with van der Waals surface area (Å²) in [5.41, 5.74) is 2.05. The van der Waals surface area contributed by atoms with Gasteiger partial charge in [-0.15, -0.1) is 0 Å². The fourth-order valence-corrected chi connectivity index (χ4v) is 5.36. The van der Waals surface area contributed by atoms with E-state index in [4.69, 9.17) is 4.74 Å². The first-order chi connectivity index (χ1) is 14.2. The minimum Gasteiger partial charge on any atom is -0.361 e. The third-order valence-corrected chi connectivity index (χ3v) is 6.70. The fourth-order valence-electron chi connectivity index (χ4n) is 5.36. The van der Waals surface area contributed by atoms with Gasteiger partial charge in [-0.05, 0) is 29.8 Å². The number of amides is 2. The molecule has 3 aliphatic heterocycles. The third-order valence-electron chi connectivity index (χ3n) is 6.70. The number of aromatic nitrogens is 1. The maximum absolute atomic E-state index is 13.3. The van der Waals surface area contributed by atoms with Crippen molar-refractivity contribution in [3.8, 4) is 0 Å². The van der Waals surface area contributed by atoms with Crippen molar-refractivity contribution in [1.82, 2.24) is 14.8 Å². The van der Waals surface area contributed by atoms with Gasteiger partial charge < -0.3 is 19.5 Å². The SMILES string of the molecule is O=C(c1ccc2[nH]ccc2c1)N1CC[C@@]23OC[C@@H](c4ccccc4)N2C(=O)C[C@@H]13. The maximum atomic E-state index is 13.3. The molecule has 3 saturated heterocycles. The summed E-state index contributed by atoms with van der Waals surface area (Å²) < 4.78 is 6.31. The van der Waals surface area contributed by atoms with Crippen LogP contribution in [0, 0.1) is 0 Å². The van der Waals surface area contributed by atoms with E-state index in [0.717, 1.165) is 16.5 Å². The van der Waals surface area contributed by atoms with Crippen LogP contribution in [-0.2, 0) is 9.53 Å². The molecule has 1 aromatic heterocycles. The Kier molecular flexibility index (Phi) is 3.44. The van der Waals surface area contributed by atoms with Crippen LogP contribution in [0.1, 0.15) is 34.8 Å². The minimum absolute atomic E-state index is 0.0311. The summed E-state index contributed by atoms with van der Waals surface area (Å²) in [6, 6.07) is 17.4. The molecular weight excluding hydrogens is 366 g/mol. The lowest BCUT2D eigenvalue weighted by atomic mass is 10.0. The molecule has 2 aromatic carbocycles. The van der Waals surface area contributed by atoms with Crippen molar-refractivity contribution in [3.05, 3.63) is 71.9 Å². The number of carbonyl (C=O) groups excluding carboxylic acids is 2. The topological polar surface area (TPSA) is 65.6 Å². The Morgan fingerprint density at radius 3 is 2.86 bits per heavy atom. The van der Waals surface area contributed by atoms with E-state index in [1.807, 2.05) is 70.6 Å². The molecule has 29 heavy (non-hydrogen) atoms. The number of fused-ring (bicyclic) bond motifs is 1. The molecule has 0 saturated carbocycles. The van der Waals surface area contributed by atoms with Crippen LogP contribution in [0.3, 0.4) is 0 Å². The summed E-state index contributed by atoms with van der Waals surface area (Å²) in [5.74, 6) is 0.0383. The van der Waals surface area contributed by atoms with Gasteiger partial charge in [0, 0.05) is 35.6 Å². The number of ether oxygens (including phenoxy) is 1. The van der Waals surface area contributed by atoms with Gasteiger partial charge in [-0.3, -0.25) is 9.59 Å². The van der Waals surface area contributed by atoms with Crippen LogP contribution in [0.15, 0.2) is 60.8 Å². The second kappa shape index (κ2) is 5.94. The molecule has 146 valence electrons. The molecule has 3 aliphatic rings. The van der Waals surface area contributed by atoms with Crippen molar-refractivity contribution in [2.75, 3.05) is 13.2 Å². The molecule has 0 bridgehead atoms. The molecule has 2 amide bonds. The van der Waals surface area contributed by atoms with Crippen molar-refractivity contribution in [2.45, 2.75) is 30.7 Å². The van der Waals surface area contributed by atoms with E-state index in [-0.39, 0.29) is 23.9 Å².